The predicted octanol–water partition coefficient (Wildman–Crippen LogP) is 4.90. The smallest absolute Gasteiger partial charge is 0.295 e. The summed E-state index contributed by atoms with van der Waals surface area (Å²) < 4.78 is 27.7. The Bertz CT molecular complexity index is 713. The van der Waals surface area contributed by atoms with Crippen molar-refractivity contribution >= 4 is 38.9 Å². The first kappa shape index (κ1) is 15.7. The Morgan fingerprint density at radius 3 is 2.62 bits per heavy atom. The Kier molecular flexibility index (Phi) is 4.74. The molecule has 4 nitrogen and oxygen atoms in total. The van der Waals surface area contributed by atoms with Crippen LogP contribution in [0.2, 0.25) is 5.02 Å². The highest BCUT2D eigenvalue weighted by Gasteiger charge is 2.21. The summed E-state index contributed by atoms with van der Waals surface area (Å²) in [6, 6.07) is 6.64. The van der Waals surface area contributed by atoms with Crippen LogP contribution in [0.4, 0.5) is 20.2 Å². The van der Waals surface area contributed by atoms with Gasteiger partial charge in [-0.1, -0.05) is 33.6 Å². The van der Waals surface area contributed by atoms with E-state index in [1.54, 1.807) is 18.2 Å². The van der Waals surface area contributed by atoms with E-state index in [2.05, 4.69) is 21.2 Å². The van der Waals surface area contributed by atoms with E-state index < -0.39 is 27.9 Å². The minimum absolute atomic E-state index is 0.0212. The SMILES string of the molecule is O=[N+]([O-])c1ccc(F)c(F)c1NCc1ccc(Br)cc1Cl. The first-order chi connectivity index (χ1) is 9.90. The van der Waals surface area contributed by atoms with Gasteiger partial charge in [0.15, 0.2) is 17.3 Å². The molecular weight excluding hydrogens is 370 g/mol. The fourth-order valence-electron chi connectivity index (χ4n) is 1.71. The molecule has 0 spiro atoms. The number of benzene rings is 2. The van der Waals surface area contributed by atoms with Gasteiger partial charge < -0.3 is 5.32 Å². The van der Waals surface area contributed by atoms with E-state index in [9.17, 15) is 18.9 Å². The van der Waals surface area contributed by atoms with Gasteiger partial charge in [-0.25, -0.2) is 8.78 Å². The molecule has 0 unspecified atom stereocenters. The summed E-state index contributed by atoms with van der Waals surface area (Å²) in [5, 5.41) is 13.8. The van der Waals surface area contributed by atoms with Gasteiger partial charge in [-0.2, -0.15) is 0 Å². The second kappa shape index (κ2) is 6.36. The summed E-state index contributed by atoms with van der Waals surface area (Å²) in [6.45, 7) is 0.0212. The number of nitro groups is 1. The van der Waals surface area contributed by atoms with E-state index in [0.29, 0.717) is 16.7 Å². The van der Waals surface area contributed by atoms with Crippen molar-refractivity contribution in [3.63, 3.8) is 0 Å². The average molecular weight is 378 g/mol. The molecule has 2 aromatic carbocycles. The van der Waals surface area contributed by atoms with Crippen LogP contribution in [0.3, 0.4) is 0 Å². The van der Waals surface area contributed by atoms with Gasteiger partial charge in [0, 0.05) is 22.1 Å². The van der Waals surface area contributed by atoms with E-state index in [-0.39, 0.29) is 6.54 Å². The highest BCUT2D eigenvalue weighted by molar-refractivity contribution is 9.10. The molecule has 0 amide bonds. The molecule has 0 saturated heterocycles. The first-order valence-electron chi connectivity index (χ1n) is 5.70. The number of rotatable bonds is 4. The Labute approximate surface area is 132 Å². The van der Waals surface area contributed by atoms with Crippen LogP contribution >= 0.6 is 27.5 Å². The van der Waals surface area contributed by atoms with Crippen molar-refractivity contribution in [2.45, 2.75) is 6.54 Å². The van der Waals surface area contributed by atoms with Crippen molar-refractivity contribution in [2.24, 2.45) is 0 Å². The zero-order chi connectivity index (χ0) is 15.6. The van der Waals surface area contributed by atoms with Crippen LogP contribution in [0.1, 0.15) is 5.56 Å². The number of halogens is 4. The molecule has 21 heavy (non-hydrogen) atoms. The van der Waals surface area contributed by atoms with Crippen LogP contribution in [0.15, 0.2) is 34.8 Å². The molecule has 0 radical (unpaired) electrons. The largest absolute Gasteiger partial charge is 0.373 e. The second-order valence-electron chi connectivity index (χ2n) is 4.10. The summed E-state index contributed by atoms with van der Waals surface area (Å²) in [6.07, 6.45) is 0. The van der Waals surface area contributed by atoms with E-state index in [1.165, 1.54) is 0 Å². The van der Waals surface area contributed by atoms with Gasteiger partial charge in [0.2, 0.25) is 0 Å². The highest BCUT2D eigenvalue weighted by atomic mass is 79.9. The summed E-state index contributed by atoms with van der Waals surface area (Å²) in [5.74, 6) is -2.46. The molecule has 2 rings (SSSR count). The van der Waals surface area contributed by atoms with Gasteiger partial charge in [-0.15, -0.1) is 0 Å². The van der Waals surface area contributed by atoms with Gasteiger partial charge in [0.25, 0.3) is 5.69 Å². The molecule has 0 bridgehead atoms. The zero-order valence-electron chi connectivity index (χ0n) is 10.4. The fourth-order valence-corrected chi connectivity index (χ4v) is 2.45. The maximum absolute atomic E-state index is 13.7. The van der Waals surface area contributed by atoms with Crippen molar-refractivity contribution in [3.8, 4) is 0 Å². The third-order valence-electron chi connectivity index (χ3n) is 2.74. The third-order valence-corrected chi connectivity index (χ3v) is 3.59. The van der Waals surface area contributed by atoms with Crippen LogP contribution in [0.25, 0.3) is 0 Å². The lowest BCUT2D eigenvalue weighted by atomic mass is 10.2. The third kappa shape index (κ3) is 3.48. The molecule has 0 aliphatic carbocycles. The molecular formula is C13H8BrClF2N2O2. The molecule has 0 atom stereocenters. The van der Waals surface area contributed by atoms with Gasteiger partial charge in [0.1, 0.15) is 0 Å². The van der Waals surface area contributed by atoms with Crippen LogP contribution in [-0.4, -0.2) is 4.92 Å². The van der Waals surface area contributed by atoms with Crippen LogP contribution in [0.5, 0.6) is 0 Å². The molecule has 8 heteroatoms. The van der Waals surface area contributed by atoms with Crippen molar-refractivity contribution < 1.29 is 13.7 Å². The Morgan fingerprint density at radius 1 is 1.29 bits per heavy atom. The van der Waals surface area contributed by atoms with Gasteiger partial charge in [-0.3, -0.25) is 10.1 Å². The Hall–Kier alpha value is -1.73. The summed E-state index contributed by atoms with van der Waals surface area (Å²) >= 11 is 9.24. The van der Waals surface area contributed by atoms with Crippen LogP contribution in [-0.2, 0) is 6.54 Å². The molecule has 0 aromatic heterocycles. The van der Waals surface area contributed by atoms with Gasteiger partial charge >= 0.3 is 0 Å². The maximum atomic E-state index is 13.7. The van der Waals surface area contributed by atoms with Crippen LogP contribution in [0, 0.1) is 21.7 Å². The number of nitrogens with zero attached hydrogens (tertiary/aromatic N) is 1. The Morgan fingerprint density at radius 2 is 2.00 bits per heavy atom. The lowest BCUT2D eigenvalue weighted by Gasteiger charge is -2.10. The van der Waals surface area contributed by atoms with Crippen molar-refractivity contribution in [3.05, 3.63) is 67.1 Å². The minimum Gasteiger partial charge on any atom is -0.373 e. The Balaban J connectivity index is 2.31. The lowest BCUT2D eigenvalue weighted by molar-refractivity contribution is -0.384. The number of nitro benzene ring substituents is 1. The molecule has 1 N–H and O–H groups in total. The predicted molar refractivity (Wildman–Crippen MR) is 79.5 cm³/mol. The summed E-state index contributed by atoms with van der Waals surface area (Å²) in [4.78, 5) is 10.1. The highest BCUT2D eigenvalue weighted by Crippen LogP contribution is 2.30. The minimum atomic E-state index is -1.29. The normalized spacial score (nSPS) is 10.5. The maximum Gasteiger partial charge on any atom is 0.295 e. The molecule has 0 aliphatic heterocycles. The average Bonchev–Trinajstić information content (AvgIpc) is 2.41. The molecule has 0 aliphatic rings. The lowest BCUT2D eigenvalue weighted by Crippen LogP contribution is -2.06. The second-order valence-corrected chi connectivity index (χ2v) is 5.42. The van der Waals surface area contributed by atoms with Gasteiger partial charge in [0.05, 0.1) is 4.92 Å². The molecule has 0 fully saturated rings. The molecule has 110 valence electrons. The number of hydrogen-bond donors (Lipinski definition) is 1. The van der Waals surface area contributed by atoms with E-state index in [4.69, 9.17) is 11.6 Å². The molecule has 2 aromatic rings. The van der Waals surface area contributed by atoms with Crippen molar-refractivity contribution in [1.29, 1.82) is 0 Å². The monoisotopic (exact) mass is 376 g/mol. The van der Waals surface area contributed by atoms with E-state index in [0.717, 1.165) is 10.5 Å². The van der Waals surface area contributed by atoms with Crippen molar-refractivity contribution in [1.82, 2.24) is 0 Å². The zero-order valence-corrected chi connectivity index (χ0v) is 12.7. The first-order valence-corrected chi connectivity index (χ1v) is 6.87. The number of anilines is 1. The van der Waals surface area contributed by atoms with Crippen molar-refractivity contribution in [2.75, 3.05) is 5.32 Å². The quantitative estimate of drug-likeness (QED) is 0.609. The number of hydrogen-bond acceptors (Lipinski definition) is 3. The van der Waals surface area contributed by atoms with E-state index in [1.807, 2.05) is 0 Å². The molecule has 0 heterocycles. The standard InChI is InChI=1S/C13H8BrClF2N2O2/c14-8-2-1-7(9(15)5-8)6-18-13-11(19(20)21)4-3-10(16)12(13)17/h1-5,18H,6H2. The van der Waals surface area contributed by atoms with Crippen LogP contribution < -0.4 is 5.32 Å². The molecule has 0 saturated carbocycles. The summed E-state index contributed by atoms with van der Waals surface area (Å²) in [7, 11) is 0. The summed E-state index contributed by atoms with van der Waals surface area (Å²) in [5.41, 5.74) is -0.445. The fraction of sp³-hybridized carbons (Fsp3) is 0.0769. The number of nitrogens with one attached hydrogen (secondary N) is 1. The van der Waals surface area contributed by atoms with E-state index >= 15 is 0 Å². The van der Waals surface area contributed by atoms with Gasteiger partial charge in [-0.05, 0) is 23.8 Å². The topological polar surface area (TPSA) is 55.2 Å².